The molecular weight excluding hydrogens is 769 g/mol. The van der Waals surface area contributed by atoms with E-state index in [1.807, 2.05) is 24.3 Å². The first-order chi connectivity index (χ1) is 31.1. The maximum Gasteiger partial charge on any atom is 0.119 e. The van der Waals surface area contributed by atoms with Crippen LogP contribution < -0.4 is 19.3 Å². The molecule has 0 unspecified atom stereocenters. The number of hydrogen-bond acceptors (Lipinski definition) is 4. The van der Waals surface area contributed by atoms with Crippen LogP contribution in [-0.4, -0.2) is 14.2 Å². The van der Waals surface area contributed by atoms with Gasteiger partial charge >= 0.3 is 0 Å². The molecule has 310 valence electrons. The molecule has 0 aliphatic heterocycles. The molecule has 9 rings (SSSR count). The van der Waals surface area contributed by atoms with Gasteiger partial charge in [0.25, 0.3) is 0 Å². The van der Waals surface area contributed by atoms with E-state index in [9.17, 15) is 0 Å². The van der Waals surface area contributed by atoms with E-state index >= 15 is 0 Å². The fourth-order valence-electron chi connectivity index (χ4n) is 9.05. The summed E-state index contributed by atoms with van der Waals surface area (Å²) >= 11 is 0. The minimum absolute atomic E-state index is 0.0862. The molecule has 0 radical (unpaired) electrons. The van der Waals surface area contributed by atoms with Gasteiger partial charge in [0.2, 0.25) is 0 Å². The lowest BCUT2D eigenvalue weighted by Crippen LogP contribution is -2.24. The number of rotatable bonds is 14. The SMILES string of the molecule is COc1ccc(N(C=C(c2ccccc2)c2ccccc2)c2ccc(C3(c4ccc(N(C=C(c5ccccc5)c5ccccc5)c5ccc(OC)cc5)cc4)CCCC3)cc2)cc1. The molecule has 1 aliphatic rings. The van der Waals surface area contributed by atoms with Gasteiger partial charge in [-0.1, -0.05) is 158 Å². The molecule has 0 atom stereocenters. The van der Waals surface area contributed by atoms with Crippen molar-refractivity contribution in [1.82, 2.24) is 0 Å². The van der Waals surface area contributed by atoms with Crippen LogP contribution in [0.5, 0.6) is 11.5 Å². The third kappa shape index (κ3) is 8.94. The van der Waals surface area contributed by atoms with E-state index in [2.05, 4.69) is 216 Å². The maximum absolute atomic E-state index is 5.56. The minimum atomic E-state index is -0.0862. The normalized spacial score (nSPS) is 12.8. The van der Waals surface area contributed by atoms with Crippen LogP contribution in [0.2, 0.25) is 0 Å². The fraction of sp³-hybridized carbons (Fsp3) is 0.119. The molecule has 0 amide bonds. The highest BCUT2D eigenvalue weighted by Crippen LogP contribution is 2.48. The van der Waals surface area contributed by atoms with Crippen molar-refractivity contribution >= 4 is 33.9 Å². The Bertz CT molecular complexity index is 2470. The van der Waals surface area contributed by atoms with Gasteiger partial charge < -0.3 is 19.3 Å². The minimum Gasteiger partial charge on any atom is -0.497 e. The highest BCUT2D eigenvalue weighted by atomic mass is 16.5. The van der Waals surface area contributed by atoms with Crippen LogP contribution >= 0.6 is 0 Å². The third-order valence-electron chi connectivity index (χ3n) is 12.4. The second kappa shape index (κ2) is 19.0. The molecule has 63 heavy (non-hydrogen) atoms. The Kier molecular flexibility index (Phi) is 12.3. The lowest BCUT2D eigenvalue weighted by molar-refractivity contribution is 0.414. The molecule has 0 aromatic heterocycles. The van der Waals surface area contributed by atoms with E-state index in [0.717, 1.165) is 80.5 Å². The molecule has 0 bridgehead atoms. The average molecular weight is 821 g/mol. The average Bonchev–Trinajstić information content (AvgIpc) is 3.88. The Morgan fingerprint density at radius 3 is 0.905 bits per heavy atom. The van der Waals surface area contributed by atoms with Crippen LogP contribution in [0.25, 0.3) is 11.1 Å². The van der Waals surface area contributed by atoms with E-state index in [0.29, 0.717) is 0 Å². The first-order valence-corrected chi connectivity index (χ1v) is 21.8. The zero-order valence-electron chi connectivity index (χ0n) is 36.0. The van der Waals surface area contributed by atoms with E-state index in [-0.39, 0.29) is 5.41 Å². The Morgan fingerprint density at radius 1 is 0.365 bits per heavy atom. The number of anilines is 4. The van der Waals surface area contributed by atoms with Crippen LogP contribution in [0.1, 0.15) is 59.1 Å². The highest BCUT2D eigenvalue weighted by molar-refractivity contribution is 5.85. The van der Waals surface area contributed by atoms with E-state index < -0.39 is 0 Å². The van der Waals surface area contributed by atoms with Crippen LogP contribution in [0.4, 0.5) is 22.7 Å². The van der Waals surface area contributed by atoms with E-state index in [4.69, 9.17) is 9.47 Å². The van der Waals surface area contributed by atoms with Crippen LogP contribution in [-0.2, 0) is 5.41 Å². The smallest absolute Gasteiger partial charge is 0.119 e. The maximum atomic E-state index is 5.56. The van der Waals surface area contributed by atoms with Crippen molar-refractivity contribution in [3.8, 4) is 11.5 Å². The van der Waals surface area contributed by atoms with E-state index in [1.165, 1.54) is 24.0 Å². The molecule has 0 N–H and O–H groups in total. The molecule has 4 heteroatoms. The molecule has 1 aliphatic carbocycles. The predicted molar refractivity (Wildman–Crippen MR) is 262 cm³/mol. The van der Waals surface area contributed by atoms with Crippen molar-refractivity contribution in [1.29, 1.82) is 0 Å². The number of benzene rings is 8. The van der Waals surface area contributed by atoms with Gasteiger partial charge in [0.15, 0.2) is 0 Å². The molecule has 0 spiro atoms. The lowest BCUT2D eigenvalue weighted by atomic mass is 9.73. The Balaban J connectivity index is 1.10. The lowest BCUT2D eigenvalue weighted by Gasteiger charge is -2.32. The summed E-state index contributed by atoms with van der Waals surface area (Å²) in [5.74, 6) is 1.66. The Hall–Kier alpha value is -7.56. The zero-order valence-corrected chi connectivity index (χ0v) is 36.0. The largest absolute Gasteiger partial charge is 0.497 e. The number of ether oxygens (including phenoxy) is 2. The first-order valence-electron chi connectivity index (χ1n) is 21.8. The summed E-state index contributed by atoms with van der Waals surface area (Å²) in [4.78, 5) is 4.60. The van der Waals surface area contributed by atoms with Gasteiger partial charge in [0.05, 0.1) is 14.2 Å². The zero-order chi connectivity index (χ0) is 42.9. The highest BCUT2D eigenvalue weighted by Gasteiger charge is 2.37. The molecule has 8 aromatic rings. The molecular formula is C59H52N2O2. The number of methoxy groups -OCH3 is 2. The van der Waals surface area contributed by atoms with Gasteiger partial charge in [0, 0.05) is 51.7 Å². The van der Waals surface area contributed by atoms with Crippen molar-refractivity contribution in [2.24, 2.45) is 0 Å². The van der Waals surface area contributed by atoms with Crippen molar-refractivity contribution in [3.63, 3.8) is 0 Å². The summed E-state index contributed by atoms with van der Waals surface area (Å²) in [6.07, 6.45) is 9.15. The van der Waals surface area contributed by atoms with Gasteiger partial charge in [0.1, 0.15) is 11.5 Å². The first kappa shape index (κ1) is 40.8. The van der Waals surface area contributed by atoms with Crippen molar-refractivity contribution < 1.29 is 9.47 Å². The summed E-state index contributed by atoms with van der Waals surface area (Å²) in [6.45, 7) is 0. The second-order valence-corrected chi connectivity index (χ2v) is 16.1. The number of nitrogens with zero attached hydrogens (tertiary/aromatic N) is 2. The van der Waals surface area contributed by atoms with Gasteiger partial charge in [-0.05, 0) is 119 Å². The summed E-state index contributed by atoms with van der Waals surface area (Å²) in [7, 11) is 3.42. The molecule has 1 saturated carbocycles. The van der Waals surface area contributed by atoms with Crippen molar-refractivity contribution in [2.75, 3.05) is 24.0 Å². The van der Waals surface area contributed by atoms with Crippen LogP contribution in [0.15, 0.2) is 231 Å². The number of hydrogen-bond donors (Lipinski definition) is 0. The molecule has 0 saturated heterocycles. The van der Waals surface area contributed by atoms with Gasteiger partial charge in [-0.15, -0.1) is 0 Å². The monoisotopic (exact) mass is 820 g/mol. The van der Waals surface area contributed by atoms with Gasteiger partial charge in [-0.25, -0.2) is 0 Å². The van der Waals surface area contributed by atoms with Gasteiger partial charge in [-0.3, -0.25) is 0 Å². The fourth-order valence-corrected chi connectivity index (χ4v) is 9.05. The van der Waals surface area contributed by atoms with Crippen molar-refractivity contribution in [2.45, 2.75) is 31.1 Å². The quantitative estimate of drug-likeness (QED) is 0.109. The second-order valence-electron chi connectivity index (χ2n) is 16.1. The predicted octanol–water partition coefficient (Wildman–Crippen LogP) is 15.0. The third-order valence-corrected chi connectivity index (χ3v) is 12.4. The van der Waals surface area contributed by atoms with Crippen LogP contribution in [0, 0.1) is 0 Å². The van der Waals surface area contributed by atoms with Crippen molar-refractivity contribution in [3.05, 3.63) is 264 Å². The summed E-state index contributed by atoms with van der Waals surface area (Å²) < 4.78 is 11.1. The summed E-state index contributed by atoms with van der Waals surface area (Å²) in [5, 5.41) is 0. The Labute approximate surface area is 372 Å². The molecule has 1 fully saturated rings. The van der Waals surface area contributed by atoms with Crippen LogP contribution in [0.3, 0.4) is 0 Å². The molecule has 0 heterocycles. The van der Waals surface area contributed by atoms with Gasteiger partial charge in [-0.2, -0.15) is 0 Å². The topological polar surface area (TPSA) is 24.9 Å². The standard InChI is InChI=1S/C59H52N2O2/c1-62-55-37-33-53(34-38-55)60(43-57(45-17-7-3-8-18-45)46-19-9-4-10-20-46)51-29-25-49(26-30-51)59(41-15-16-42-59)50-27-31-52(32-28-50)61(54-35-39-56(63-2)40-36-54)44-58(47-21-11-5-12-22-47)48-23-13-6-14-24-48/h3-14,17-40,43-44H,15-16,41-42H2,1-2H3. The van der Waals surface area contributed by atoms with E-state index in [1.54, 1.807) is 14.2 Å². The molecule has 4 nitrogen and oxygen atoms in total. The summed E-state index contributed by atoms with van der Waals surface area (Å²) in [6, 6.07) is 77.8. The Morgan fingerprint density at radius 2 is 0.635 bits per heavy atom. The summed E-state index contributed by atoms with van der Waals surface area (Å²) in [5.41, 5.74) is 13.8. The molecule has 8 aromatic carbocycles.